The Morgan fingerprint density at radius 3 is 1.35 bits per heavy atom. The van der Waals surface area contributed by atoms with Gasteiger partial charge in [-0.2, -0.15) is 0 Å². The summed E-state index contributed by atoms with van der Waals surface area (Å²) in [5, 5.41) is 10.2. The zero-order valence-corrected chi connectivity index (χ0v) is 31.0. The zero-order chi connectivity index (χ0) is 37.5. The normalized spacial score (nSPS) is 11.9. The number of benzene rings is 9. The Hall–Kier alpha value is -7.62. The number of hydrogen-bond donors (Lipinski definition) is 0. The van der Waals surface area contributed by atoms with E-state index in [0.29, 0.717) is 0 Å². The van der Waals surface area contributed by atoms with Crippen molar-refractivity contribution in [3.05, 3.63) is 212 Å². The third-order valence-electron chi connectivity index (χ3n) is 11.8. The zero-order valence-electron chi connectivity index (χ0n) is 31.0. The maximum atomic E-state index is 2.53. The van der Waals surface area contributed by atoms with Crippen molar-refractivity contribution in [3.8, 4) is 22.5 Å². The van der Waals surface area contributed by atoms with Crippen molar-refractivity contribution < 1.29 is 0 Å². The first-order chi connectivity index (χ1) is 28.3. The van der Waals surface area contributed by atoms with Crippen LogP contribution in [0.4, 0.5) is 17.1 Å². The molecule has 0 bridgehead atoms. The van der Waals surface area contributed by atoms with Crippen LogP contribution in [0.1, 0.15) is 0 Å². The molecular weight excluding hydrogens is 691 g/mol. The summed E-state index contributed by atoms with van der Waals surface area (Å²) in [4.78, 5) is 2.33. The van der Waals surface area contributed by atoms with Crippen LogP contribution in [0.15, 0.2) is 212 Å². The number of para-hydroxylation sites is 3. The van der Waals surface area contributed by atoms with Gasteiger partial charge >= 0.3 is 0 Å². The van der Waals surface area contributed by atoms with E-state index in [1.54, 1.807) is 0 Å². The van der Waals surface area contributed by atoms with Crippen LogP contribution in [-0.2, 0) is 0 Å². The quantitative estimate of drug-likeness (QED) is 0.166. The van der Waals surface area contributed by atoms with Gasteiger partial charge in [0.2, 0.25) is 0 Å². The van der Waals surface area contributed by atoms with Crippen LogP contribution in [0, 0.1) is 0 Å². The molecule has 12 aromatic rings. The lowest BCUT2D eigenvalue weighted by molar-refractivity contribution is 1.17. The molecule has 0 aliphatic rings. The highest BCUT2D eigenvalue weighted by Crippen LogP contribution is 2.50. The van der Waals surface area contributed by atoms with E-state index in [9.17, 15) is 0 Å². The summed E-state index contributed by atoms with van der Waals surface area (Å²) in [6.07, 6.45) is 0. The van der Waals surface area contributed by atoms with E-state index >= 15 is 0 Å². The SMILES string of the molecule is c1ccc(-c2cc3c4c5c(cccc5n3-c3ccccc3)c3ccccc3c3cccc5c3c4c2n5-c2ccc(N(c3ccccc3)c3ccccc3)cc2)cc1. The van der Waals surface area contributed by atoms with Crippen molar-refractivity contribution in [2.24, 2.45) is 0 Å². The summed E-state index contributed by atoms with van der Waals surface area (Å²) in [7, 11) is 0. The third-order valence-corrected chi connectivity index (χ3v) is 11.8. The first kappa shape index (κ1) is 31.7. The topological polar surface area (TPSA) is 13.1 Å². The molecule has 0 unspecified atom stereocenters. The fourth-order valence-corrected chi connectivity index (χ4v) is 9.51. The summed E-state index contributed by atoms with van der Waals surface area (Å²) in [5.41, 5.74) is 12.8. The lowest BCUT2D eigenvalue weighted by Gasteiger charge is -2.25. The van der Waals surface area contributed by atoms with Crippen LogP contribution < -0.4 is 4.90 Å². The lowest BCUT2D eigenvalue weighted by atomic mass is 9.92. The molecule has 3 heteroatoms. The second-order valence-corrected chi connectivity index (χ2v) is 14.9. The van der Waals surface area contributed by atoms with Gasteiger partial charge in [-0.15, -0.1) is 0 Å². The summed E-state index contributed by atoms with van der Waals surface area (Å²) < 4.78 is 5.01. The van der Waals surface area contributed by atoms with Gasteiger partial charge in [0, 0.05) is 55.5 Å². The Kier molecular flexibility index (Phi) is 6.93. The van der Waals surface area contributed by atoms with Crippen molar-refractivity contribution in [2.45, 2.75) is 0 Å². The number of anilines is 3. The molecule has 57 heavy (non-hydrogen) atoms. The predicted octanol–water partition coefficient (Wildman–Crippen LogP) is 14.8. The number of aromatic nitrogens is 2. The van der Waals surface area contributed by atoms with Crippen LogP contribution in [0.5, 0.6) is 0 Å². The van der Waals surface area contributed by atoms with Gasteiger partial charge in [0.05, 0.1) is 22.1 Å². The van der Waals surface area contributed by atoms with Gasteiger partial charge in [-0.05, 0) is 106 Å². The molecule has 2 heterocycles. The molecule has 266 valence electrons. The second kappa shape index (κ2) is 12.5. The minimum Gasteiger partial charge on any atom is -0.311 e. The van der Waals surface area contributed by atoms with E-state index in [1.165, 1.54) is 76.3 Å². The summed E-state index contributed by atoms with van der Waals surface area (Å²) >= 11 is 0. The first-order valence-corrected chi connectivity index (χ1v) is 19.6. The van der Waals surface area contributed by atoms with Gasteiger partial charge < -0.3 is 14.0 Å². The largest absolute Gasteiger partial charge is 0.311 e. The predicted molar refractivity (Wildman–Crippen MR) is 241 cm³/mol. The molecule has 3 nitrogen and oxygen atoms in total. The van der Waals surface area contributed by atoms with Gasteiger partial charge in [-0.3, -0.25) is 0 Å². The average molecular weight is 726 g/mol. The monoisotopic (exact) mass is 725 g/mol. The Bertz CT molecular complexity index is 3380. The van der Waals surface area contributed by atoms with Gasteiger partial charge in [0.25, 0.3) is 0 Å². The fourth-order valence-electron chi connectivity index (χ4n) is 9.51. The second-order valence-electron chi connectivity index (χ2n) is 14.9. The third kappa shape index (κ3) is 4.66. The molecule has 0 saturated carbocycles. The van der Waals surface area contributed by atoms with E-state index in [4.69, 9.17) is 0 Å². The van der Waals surface area contributed by atoms with Crippen LogP contribution in [0.25, 0.3) is 87.7 Å². The van der Waals surface area contributed by atoms with Crippen molar-refractivity contribution in [1.82, 2.24) is 9.13 Å². The van der Waals surface area contributed by atoms with Crippen LogP contribution in [0.3, 0.4) is 0 Å². The highest BCUT2D eigenvalue weighted by Gasteiger charge is 2.27. The molecule has 0 aliphatic heterocycles. The highest BCUT2D eigenvalue weighted by molar-refractivity contribution is 6.40. The smallest absolute Gasteiger partial charge is 0.0627 e. The number of rotatable bonds is 6. The molecule has 0 saturated heterocycles. The molecular formula is C54H35N3. The summed E-state index contributed by atoms with van der Waals surface area (Å²) in [6, 6.07) is 77.3. The van der Waals surface area contributed by atoms with Crippen molar-refractivity contribution in [3.63, 3.8) is 0 Å². The van der Waals surface area contributed by atoms with Gasteiger partial charge in [-0.1, -0.05) is 133 Å². The Labute approximate surface area is 329 Å². The average Bonchev–Trinajstić information content (AvgIpc) is 3.81. The molecule has 0 aliphatic carbocycles. The van der Waals surface area contributed by atoms with Crippen LogP contribution in [-0.4, -0.2) is 9.13 Å². The molecule has 0 atom stereocenters. The molecule has 0 amide bonds. The number of hydrogen-bond acceptors (Lipinski definition) is 1. The summed E-state index contributed by atoms with van der Waals surface area (Å²) in [5.74, 6) is 0. The fraction of sp³-hybridized carbons (Fsp3) is 0. The van der Waals surface area contributed by atoms with Crippen LogP contribution >= 0.6 is 0 Å². The van der Waals surface area contributed by atoms with E-state index in [1.807, 2.05) is 0 Å². The molecule has 10 aromatic carbocycles. The standard InChI is InChI=1S/C54H35N3/c1-5-17-36(18-6-1)46-35-49-52-50-44(27-15-29-47(50)56(49)39-23-11-4-12-24-39)42-25-13-14-26-43(42)45-28-16-30-48-51(45)53(52)54(46)57(48)41-33-31-40(32-34-41)55(37-19-7-2-8-20-37)38-21-9-3-10-22-38/h1-35H. The van der Waals surface area contributed by atoms with Crippen LogP contribution in [0.2, 0.25) is 0 Å². The Morgan fingerprint density at radius 2 is 0.754 bits per heavy atom. The maximum absolute atomic E-state index is 2.53. The van der Waals surface area contributed by atoms with Crippen molar-refractivity contribution in [1.29, 1.82) is 0 Å². The van der Waals surface area contributed by atoms with Crippen molar-refractivity contribution in [2.75, 3.05) is 4.90 Å². The molecule has 0 N–H and O–H groups in total. The number of nitrogens with zero attached hydrogens (tertiary/aromatic N) is 3. The number of fused-ring (bicyclic) bond motifs is 3. The molecule has 0 radical (unpaired) electrons. The summed E-state index contributed by atoms with van der Waals surface area (Å²) in [6.45, 7) is 0. The van der Waals surface area contributed by atoms with E-state index in [0.717, 1.165) is 28.4 Å². The van der Waals surface area contributed by atoms with E-state index in [-0.39, 0.29) is 0 Å². The molecule has 2 aromatic heterocycles. The highest BCUT2D eigenvalue weighted by atomic mass is 15.1. The minimum atomic E-state index is 1.10. The Balaban J connectivity index is 1.26. The minimum absolute atomic E-state index is 1.10. The van der Waals surface area contributed by atoms with Crippen molar-refractivity contribution >= 4 is 82.2 Å². The lowest BCUT2D eigenvalue weighted by Crippen LogP contribution is -2.09. The van der Waals surface area contributed by atoms with E-state index < -0.39 is 0 Å². The molecule has 0 spiro atoms. The van der Waals surface area contributed by atoms with Gasteiger partial charge in [0.15, 0.2) is 0 Å². The maximum Gasteiger partial charge on any atom is 0.0627 e. The first-order valence-electron chi connectivity index (χ1n) is 19.6. The van der Waals surface area contributed by atoms with Gasteiger partial charge in [0.1, 0.15) is 0 Å². The van der Waals surface area contributed by atoms with Gasteiger partial charge in [-0.25, -0.2) is 0 Å². The molecule has 0 fully saturated rings. The van der Waals surface area contributed by atoms with E-state index in [2.05, 4.69) is 226 Å². The Morgan fingerprint density at radius 1 is 0.298 bits per heavy atom. The molecule has 12 rings (SSSR count).